The summed E-state index contributed by atoms with van der Waals surface area (Å²) in [5.74, 6) is 3.37. The van der Waals surface area contributed by atoms with Crippen LogP contribution in [0, 0.1) is 12.3 Å². The van der Waals surface area contributed by atoms with Crippen LogP contribution in [0.5, 0.6) is 11.5 Å². The Morgan fingerprint density at radius 1 is 1.26 bits per heavy atom. The average molecular weight is 328 g/mol. The van der Waals surface area contributed by atoms with Crippen molar-refractivity contribution in [2.75, 3.05) is 13.7 Å². The van der Waals surface area contributed by atoms with E-state index in [9.17, 15) is 0 Å². The molecule has 0 aromatic heterocycles. The molecular weight excluding hydrogens is 310 g/mol. The molecule has 3 nitrogen and oxygen atoms in total. The first kappa shape index (κ1) is 16.9. The molecule has 0 amide bonds. The number of hydrogen-bond acceptors (Lipinski definition) is 3. The summed E-state index contributed by atoms with van der Waals surface area (Å²) in [5.41, 5.74) is 2.98. The van der Waals surface area contributed by atoms with E-state index in [1.807, 2.05) is 18.2 Å². The van der Waals surface area contributed by atoms with Crippen LogP contribution in [0.25, 0.3) is 0 Å². The Morgan fingerprint density at radius 2 is 2.00 bits per heavy atom. The summed E-state index contributed by atoms with van der Waals surface area (Å²) >= 11 is 6.24. The third kappa shape index (κ3) is 4.51. The van der Waals surface area contributed by atoms with Crippen LogP contribution >= 0.6 is 11.6 Å². The van der Waals surface area contributed by atoms with Crippen LogP contribution in [-0.4, -0.2) is 19.9 Å². The van der Waals surface area contributed by atoms with Crippen molar-refractivity contribution >= 4 is 23.5 Å². The second-order valence-corrected chi connectivity index (χ2v) is 5.21. The van der Waals surface area contributed by atoms with Gasteiger partial charge < -0.3 is 9.47 Å². The Kier molecular flexibility index (Phi) is 6.08. The first-order chi connectivity index (χ1) is 11.2. The maximum atomic E-state index is 6.24. The highest BCUT2D eigenvalue weighted by atomic mass is 35.5. The van der Waals surface area contributed by atoms with Gasteiger partial charge in [-0.2, -0.15) is 0 Å². The third-order valence-electron chi connectivity index (χ3n) is 3.26. The molecule has 118 valence electrons. The highest BCUT2D eigenvalue weighted by Crippen LogP contribution is 2.36. The maximum absolute atomic E-state index is 6.24. The molecule has 0 saturated carbocycles. The van der Waals surface area contributed by atoms with Crippen molar-refractivity contribution in [1.29, 1.82) is 0 Å². The zero-order chi connectivity index (χ0) is 16.7. The molecule has 4 heteroatoms. The van der Waals surface area contributed by atoms with E-state index in [2.05, 4.69) is 30.0 Å². The summed E-state index contributed by atoms with van der Waals surface area (Å²) in [4.78, 5) is 4.45. The largest absolute Gasteiger partial charge is 0.493 e. The Morgan fingerprint density at radius 3 is 2.61 bits per heavy atom. The van der Waals surface area contributed by atoms with Gasteiger partial charge in [0.1, 0.15) is 6.61 Å². The first-order valence-corrected chi connectivity index (χ1v) is 7.62. The summed E-state index contributed by atoms with van der Waals surface area (Å²) < 4.78 is 10.7. The highest BCUT2D eigenvalue weighted by molar-refractivity contribution is 6.32. The molecule has 0 bridgehead atoms. The number of nitrogens with zero attached hydrogens (tertiary/aromatic N) is 1. The molecule has 0 spiro atoms. The van der Waals surface area contributed by atoms with Gasteiger partial charge in [-0.25, -0.2) is 0 Å². The lowest BCUT2D eigenvalue weighted by Gasteiger charge is -2.11. The second kappa shape index (κ2) is 8.26. The number of benzene rings is 2. The van der Waals surface area contributed by atoms with Gasteiger partial charge in [0.25, 0.3) is 0 Å². The van der Waals surface area contributed by atoms with Gasteiger partial charge in [-0.15, -0.1) is 6.42 Å². The number of halogens is 1. The predicted octanol–water partition coefficient (Wildman–Crippen LogP) is 4.67. The molecule has 0 aliphatic rings. The fraction of sp³-hybridized carbons (Fsp3) is 0.211. The van der Waals surface area contributed by atoms with Crippen LogP contribution in [0.15, 0.2) is 41.4 Å². The number of hydrogen-bond donors (Lipinski definition) is 0. The maximum Gasteiger partial charge on any atom is 0.181 e. The van der Waals surface area contributed by atoms with E-state index in [4.69, 9.17) is 27.5 Å². The molecule has 2 rings (SSSR count). The molecule has 2 aromatic rings. The quantitative estimate of drug-likeness (QED) is 0.570. The van der Waals surface area contributed by atoms with Crippen LogP contribution in [0.3, 0.4) is 0 Å². The van der Waals surface area contributed by atoms with Gasteiger partial charge in [-0.1, -0.05) is 36.6 Å². The number of aryl methyl sites for hydroxylation is 1. The highest BCUT2D eigenvalue weighted by Gasteiger charge is 2.11. The zero-order valence-electron chi connectivity index (χ0n) is 13.2. The number of rotatable bonds is 6. The summed E-state index contributed by atoms with van der Waals surface area (Å²) in [6.07, 6.45) is 7.95. The van der Waals surface area contributed by atoms with E-state index in [1.165, 1.54) is 5.56 Å². The van der Waals surface area contributed by atoms with E-state index in [1.54, 1.807) is 19.4 Å². The van der Waals surface area contributed by atoms with Crippen LogP contribution in [-0.2, 0) is 6.42 Å². The molecular formula is C19H18ClNO2. The summed E-state index contributed by atoms with van der Waals surface area (Å²) in [7, 11) is 1.55. The van der Waals surface area contributed by atoms with Gasteiger partial charge in [0, 0.05) is 6.21 Å². The van der Waals surface area contributed by atoms with E-state index in [0.29, 0.717) is 16.5 Å². The minimum Gasteiger partial charge on any atom is -0.493 e. The van der Waals surface area contributed by atoms with Gasteiger partial charge in [0.05, 0.1) is 17.8 Å². The molecule has 0 radical (unpaired) electrons. The number of ether oxygens (including phenoxy) is 2. The van der Waals surface area contributed by atoms with Crippen LogP contribution in [0.2, 0.25) is 5.02 Å². The lowest BCUT2D eigenvalue weighted by atomic mass is 10.1. The van der Waals surface area contributed by atoms with Crippen molar-refractivity contribution in [1.82, 2.24) is 0 Å². The van der Waals surface area contributed by atoms with E-state index in [0.717, 1.165) is 17.7 Å². The van der Waals surface area contributed by atoms with Gasteiger partial charge in [-0.05, 0) is 41.8 Å². The fourth-order valence-corrected chi connectivity index (χ4v) is 2.31. The standard InChI is InChI=1S/C19H18ClNO2/c1-4-10-23-19-17(20)11-15(12-18(19)22-3)13-21-16-8-6-14(5-2)7-9-16/h1,6-9,11-13H,5,10H2,2-3H3. The second-order valence-electron chi connectivity index (χ2n) is 4.81. The predicted molar refractivity (Wildman–Crippen MR) is 95.4 cm³/mol. The van der Waals surface area contributed by atoms with E-state index < -0.39 is 0 Å². The Bertz CT molecular complexity index is 730. The SMILES string of the molecule is C#CCOc1c(Cl)cc(C=Nc2ccc(CC)cc2)cc1OC. The lowest BCUT2D eigenvalue weighted by molar-refractivity contribution is 0.331. The van der Waals surface area contributed by atoms with Gasteiger partial charge in [0.15, 0.2) is 11.5 Å². The minimum absolute atomic E-state index is 0.132. The van der Waals surface area contributed by atoms with Crippen molar-refractivity contribution < 1.29 is 9.47 Å². The summed E-state index contributed by atoms with van der Waals surface area (Å²) in [5, 5.41) is 0.433. The average Bonchev–Trinajstić information content (AvgIpc) is 2.59. The van der Waals surface area contributed by atoms with Crippen LogP contribution in [0.1, 0.15) is 18.1 Å². The number of terminal acetylenes is 1. The van der Waals surface area contributed by atoms with Crippen LogP contribution < -0.4 is 9.47 Å². The minimum atomic E-state index is 0.132. The molecule has 0 aliphatic heterocycles. The molecule has 0 saturated heterocycles. The topological polar surface area (TPSA) is 30.8 Å². The Hall–Kier alpha value is -2.44. The van der Waals surface area contributed by atoms with Crippen molar-refractivity contribution in [2.45, 2.75) is 13.3 Å². The smallest absolute Gasteiger partial charge is 0.181 e. The molecule has 0 fully saturated rings. The van der Waals surface area contributed by atoms with Crippen molar-refractivity contribution in [3.05, 3.63) is 52.5 Å². The van der Waals surface area contributed by atoms with Gasteiger partial charge >= 0.3 is 0 Å². The summed E-state index contributed by atoms with van der Waals surface area (Å²) in [6.45, 7) is 2.25. The molecule has 0 heterocycles. The third-order valence-corrected chi connectivity index (χ3v) is 3.54. The van der Waals surface area contributed by atoms with Crippen molar-refractivity contribution in [2.24, 2.45) is 4.99 Å². The van der Waals surface area contributed by atoms with Gasteiger partial charge in [0.2, 0.25) is 0 Å². The molecule has 0 aliphatic carbocycles. The normalized spacial score (nSPS) is 10.5. The molecule has 2 aromatic carbocycles. The van der Waals surface area contributed by atoms with E-state index in [-0.39, 0.29) is 6.61 Å². The number of methoxy groups -OCH3 is 1. The molecule has 0 atom stereocenters. The Labute approximate surface area is 141 Å². The summed E-state index contributed by atoms with van der Waals surface area (Å²) in [6, 6.07) is 11.7. The van der Waals surface area contributed by atoms with Gasteiger partial charge in [-0.3, -0.25) is 4.99 Å². The van der Waals surface area contributed by atoms with Crippen molar-refractivity contribution in [3.8, 4) is 23.8 Å². The molecule has 0 unspecified atom stereocenters. The van der Waals surface area contributed by atoms with Crippen molar-refractivity contribution in [3.63, 3.8) is 0 Å². The fourth-order valence-electron chi connectivity index (χ4n) is 2.04. The zero-order valence-corrected chi connectivity index (χ0v) is 13.9. The van der Waals surface area contributed by atoms with E-state index >= 15 is 0 Å². The molecule has 0 N–H and O–H groups in total. The van der Waals surface area contributed by atoms with Crippen LogP contribution in [0.4, 0.5) is 5.69 Å². The monoisotopic (exact) mass is 327 g/mol. The lowest BCUT2D eigenvalue weighted by Crippen LogP contribution is -1.98. The number of aliphatic imine (C=N–C) groups is 1. The molecule has 23 heavy (non-hydrogen) atoms. The Balaban J connectivity index is 2.24. The first-order valence-electron chi connectivity index (χ1n) is 7.24.